The zero-order valence-electron chi connectivity index (χ0n) is 19.6. The maximum absolute atomic E-state index is 13.8. The van der Waals surface area contributed by atoms with Crippen LogP contribution in [0.3, 0.4) is 0 Å². The molecule has 6 rings (SSSR count). The second kappa shape index (κ2) is 7.50. The van der Waals surface area contributed by atoms with Gasteiger partial charge in [0.2, 0.25) is 11.4 Å². The smallest absolute Gasteiger partial charge is 0.246 e. The third kappa shape index (κ3) is 3.16. The molecule has 2 aromatic carbocycles. The normalized spacial score (nSPS) is 21.6. The van der Waals surface area contributed by atoms with Gasteiger partial charge in [0.05, 0.1) is 13.2 Å². The van der Waals surface area contributed by atoms with Crippen molar-refractivity contribution in [1.29, 1.82) is 0 Å². The number of carbonyl (C=O) groups is 2. The Bertz CT molecular complexity index is 1340. The first-order valence-corrected chi connectivity index (χ1v) is 11.8. The van der Waals surface area contributed by atoms with E-state index in [1.165, 1.54) is 0 Å². The Labute approximate surface area is 198 Å². The number of ether oxygens (including phenoxy) is 2. The lowest BCUT2D eigenvalue weighted by Gasteiger charge is -2.37. The van der Waals surface area contributed by atoms with Gasteiger partial charge in [0.25, 0.3) is 0 Å². The number of hydrogen-bond acceptors (Lipinski definition) is 5. The molecule has 0 saturated carbocycles. The van der Waals surface area contributed by atoms with Gasteiger partial charge in [0, 0.05) is 47.6 Å². The molecule has 1 unspecified atom stereocenters. The number of hydrogen-bond donors (Lipinski definition) is 1. The molecule has 0 bridgehead atoms. The van der Waals surface area contributed by atoms with Gasteiger partial charge < -0.3 is 14.4 Å². The van der Waals surface area contributed by atoms with Gasteiger partial charge in [-0.3, -0.25) is 9.59 Å². The fraction of sp³-hybridized carbons (Fsp3) is 0.321. The fourth-order valence-electron chi connectivity index (χ4n) is 5.14. The van der Waals surface area contributed by atoms with Crippen LogP contribution in [0.1, 0.15) is 47.1 Å². The zero-order chi connectivity index (χ0) is 23.6. The van der Waals surface area contributed by atoms with E-state index in [1.54, 1.807) is 18.2 Å². The third-order valence-corrected chi connectivity index (χ3v) is 7.02. The zero-order valence-corrected chi connectivity index (χ0v) is 19.6. The molecule has 0 radical (unpaired) electrons. The number of nitrogens with zero attached hydrogens (tertiary/aromatic N) is 1. The molecule has 0 aromatic heterocycles. The summed E-state index contributed by atoms with van der Waals surface area (Å²) in [4.78, 5) is 33.1. The van der Waals surface area contributed by atoms with Crippen molar-refractivity contribution in [3.05, 3.63) is 82.3 Å². The maximum atomic E-state index is 13.8. The van der Waals surface area contributed by atoms with Crippen molar-refractivity contribution in [3.8, 4) is 5.75 Å². The highest BCUT2D eigenvalue weighted by Crippen LogP contribution is 2.41. The first kappa shape index (κ1) is 21.1. The summed E-state index contributed by atoms with van der Waals surface area (Å²) in [7, 11) is 0. The molecule has 0 amide bonds. The Balaban J connectivity index is 1.55. The Hall–Kier alpha value is -3.51. The van der Waals surface area contributed by atoms with Crippen molar-refractivity contribution in [1.82, 2.24) is 4.90 Å². The van der Waals surface area contributed by atoms with E-state index in [1.807, 2.05) is 18.2 Å². The minimum Gasteiger partial charge on any atom is -0.444 e. The number of Topliss-reactive ketones (excluding diaryl/α,β-unsaturated/α-hetero) is 2. The molecular weight excluding hydrogens is 428 g/mol. The van der Waals surface area contributed by atoms with E-state index in [4.69, 9.17) is 9.47 Å². The van der Waals surface area contributed by atoms with Crippen LogP contribution in [0.5, 0.6) is 5.75 Å². The van der Waals surface area contributed by atoms with Gasteiger partial charge in [0.15, 0.2) is 23.1 Å². The quantitative estimate of drug-likeness (QED) is 0.716. The summed E-state index contributed by atoms with van der Waals surface area (Å²) in [6, 6.07) is 13.2. The van der Waals surface area contributed by atoms with E-state index < -0.39 is 5.92 Å². The van der Waals surface area contributed by atoms with Gasteiger partial charge in [-0.1, -0.05) is 51.1 Å². The van der Waals surface area contributed by atoms with Crippen LogP contribution in [-0.2, 0) is 10.2 Å². The van der Waals surface area contributed by atoms with E-state index in [0.29, 0.717) is 54.5 Å². The molecule has 1 fully saturated rings. The van der Waals surface area contributed by atoms with Crippen LogP contribution in [0.4, 0.5) is 5.69 Å². The molecule has 0 spiro atoms. The summed E-state index contributed by atoms with van der Waals surface area (Å²) in [6.45, 7) is 8.97. The number of nitrogens with one attached hydrogen (secondary N) is 1. The fourth-order valence-corrected chi connectivity index (χ4v) is 5.14. The number of rotatable bonds is 1. The van der Waals surface area contributed by atoms with E-state index in [-0.39, 0.29) is 17.0 Å². The monoisotopic (exact) mass is 455 g/mol. The SMILES string of the molecule is CC(C)(C)c1ccc2c(c1)OC1=CC(N3CCOCC3)=C3C(=O)c4ccccc4C(=O)C3C1=[NH+]2. The van der Waals surface area contributed by atoms with Gasteiger partial charge in [-0.15, -0.1) is 0 Å². The number of allylic oxidation sites excluding steroid dienone is 3. The van der Waals surface area contributed by atoms with Gasteiger partial charge in [-0.05, 0) is 17.0 Å². The number of morpholine rings is 1. The lowest BCUT2D eigenvalue weighted by atomic mass is 9.72. The Kier molecular flexibility index (Phi) is 4.64. The maximum Gasteiger partial charge on any atom is 0.246 e. The second-order valence-electron chi connectivity index (χ2n) is 10.2. The highest BCUT2D eigenvalue weighted by molar-refractivity contribution is 6.32. The Morgan fingerprint density at radius 3 is 2.47 bits per heavy atom. The van der Waals surface area contributed by atoms with Crippen molar-refractivity contribution in [2.45, 2.75) is 26.2 Å². The van der Waals surface area contributed by atoms with Crippen molar-refractivity contribution in [2.24, 2.45) is 5.92 Å². The molecule has 4 aliphatic rings. The number of carbonyl (C=O) groups excluding carboxylic acids is 2. The predicted molar refractivity (Wildman–Crippen MR) is 127 cm³/mol. The largest absolute Gasteiger partial charge is 0.444 e. The van der Waals surface area contributed by atoms with Crippen LogP contribution in [0.2, 0.25) is 0 Å². The molecule has 2 aliphatic heterocycles. The average Bonchev–Trinajstić information content (AvgIpc) is 2.84. The predicted octanol–water partition coefficient (Wildman–Crippen LogP) is 2.71. The van der Waals surface area contributed by atoms with E-state index in [9.17, 15) is 9.59 Å². The van der Waals surface area contributed by atoms with Crippen LogP contribution < -0.4 is 9.73 Å². The molecule has 1 saturated heterocycles. The summed E-state index contributed by atoms with van der Waals surface area (Å²) < 4.78 is 12.0. The van der Waals surface area contributed by atoms with Crippen LogP contribution in [0, 0.1) is 5.92 Å². The van der Waals surface area contributed by atoms with Crippen molar-refractivity contribution < 1.29 is 24.1 Å². The highest BCUT2D eigenvalue weighted by Gasteiger charge is 2.50. The second-order valence-corrected chi connectivity index (χ2v) is 10.2. The molecule has 6 heteroatoms. The highest BCUT2D eigenvalue weighted by atomic mass is 16.5. The molecule has 2 heterocycles. The van der Waals surface area contributed by atoms with Crippen LogP contribution >= 0.6 is 0 Å². The summed E-state index contributed by atoms with van der Waals surface area (Å²) in [5.41, 5.74) is 4.79. The van der Waals surface area contributed by atoms with Crippen LogP contribution in [0.25, 0.3) is 0 Å². The van der Waals surface area contributed by atoms with Gasteiger partial charge in [-0.2, -0.15) is 0 Å². The van der Waals surface area contributed by atoms with Gasteiger partial charge >= 0.3 is 0 Å². The van der Waals surface area contributed by atoms with E-state index >= 15 is 0 Å². The summed E-state index contributed by atoms with van der Waals surface area (Å²) in [5, 5.41) is 0. The third-order valence-electron chi connectivity index (χ3n) is 7.02. The van der Waals surface area contributed by atoms with Gasteiger partial charge in [-0.25, -0.2) is 4.99 Å². The minimum absolute atomic E-state index is 0.0230. The molecule has 2 aliphatic carbocycles. The van der Waals surface area contributed by atoms with Crippen molar-refractivity contribution >= 4 is 23.0 Å². The topological polar surface area (TPSA) is 69.8 Å². The molecule has 34 heavy (non-hydrogen) atoms. The average molecular weight is 456 g/mol. The molecular formula is C28H27N2O4+. The summed E-state index contributed by atoms with van der Waals surface area (Å²) in [6.07, 6.45) is 1.92. The van der Waals surface area contributed by atoms with E-state index in [0.717, 1.165) is 22.7 Å². The number of benzene rings is 2. The van der Waals surface area contributed by atoms with E-state index in [2.05, 4.69) is 42.8 Å². The summed E-state index contributed by atoms with van der Waals surface area (Å²) in [5.74, 6) is 0.412. The molecule has 1 atom stereocenters. The van der Waals surface area contributed by atoms with Crippen molar-refractivity contribution in [3.63, 3.8) is 0 Å². The van der Waals surface area contributed by atoms with Crippen LogP contribution in [0.15, 0.2) is 65.6 Å². The van der Waals surface area contributed by atoms with Crippen molar-refractivity contribution in [2.75, 3.05) is 26.3 Å². The van der Waals surface area contributed by atoms with Gasteiger partial charge in [0.1, 0.15) is 5.92 Å². The minimum atomic E-state index is -0.726. The molecule has 6 nitrogen and oxygen atoms in total. The molecule has 172 valence electrons. The molecule has 2 aromatic rings. The molecule has 1 N–H and O–H groups in total. The summed E-state index contributed by atoms with van der Waals surface area (Å²) >= 11 is 0. The lowest BCUT2D eigenvalue weighted by molar-refractivity contribution is -0.361. The first-order valence-electron chi connectivity index (χ1n) is 11.8. The number of ketones is 2. The number of fused-ring (bicyclic) bond motifs is 5. The lowest BCUT2D eigenvalue weighted by Crippen LogP contribution is -2.72. The van der Waals surface area contributed by atoms with Crippen LogP contribution in [-0.4, -0.2) is 48.5 Å². The Morgan fingerprint density at radius 1 is 1.00 bits per heavy atom. The Morgan fingerprint density at radius 2 is 1.74 bits per heavy atom. The first-order chi connectivity index (χ1) is 16.3. The standard InChI is InChI=1S/C28H26N2O4/c1-28(2,3)16-8-9-19-21(14-16)34-22-15-20(30-10-12-33-13-11-30)23-24(25(22)29-19)27(32)18-7-5-4-6-17(18)26(23)31/h4-9,14-15,24H,10-13H2,1-3H3/p+1.